The van der Waals surface area contributed by atoms with Crippen LogP contribution in [0.25, 0.3) is 0 Å². The summed E-state index contributed by atoms with van der Waals surface area (Å²) in [5.74, 6) is 1.65. The van der Waals surface area contributed by atoms with Crippen LogP contribution in [0.2, 0.25) is 0 Å². The van der Waals surface area contributed by atoms with Gasteiger partial charge in [0.25, 0.3) is 0 Å². The van der Waals surface area contributed by atoms with Crippen molar-refractivity contribution in [2.75, 3.05) is 26.2 Å². The largest absolute Gasteiger partial charge is 0.355 e. The van der Waals surface area contributed by atoms with Crippen molar-refractivity contribution >= 4 is 5.91 Å². The van der Waals surface area contributed by atoms with Gasteiger partial charge in [-0.3, -0.25) is 4.79 Å². The molecule has 4 heteroatoms. The van der Waals surface area contributed by atoms with Crippen LogP contribution in [0.4, 0.5) is 0 Å². The minimum atomic E-state index is 0.210. The Morgan fingerprint density at radius 1 is 1.19 bits per heavy atom. The maximum absolute atomic E-state index is 12.4. The number of nitrogens with zero attached hydrogens (tertiary/aromatic N) is 1. The van der Waals surface area contributed by atoms with E-state index in [-0.39, 0.29) is 11.8 Å². The fourth-order valence-corrected chi connectivity index (χ4v) is 4.23. The van der Waals surface area contributed by atoms with Gasteiger partial charge in [0.15, 0.2) is 0 Å². The lowest BCUT2D eigenvalue weighted by Gasteiger charge is -2.43. The zero-order valence-electron chi connectivity index (χ0n) is 13.8. The summed E-state index contributed by atoms with van der Waals surface area (Å²) in [6.07, 6.45) is 6.94. The van der Waals surface area contributed by atoms with E-state index in [9.17, 15) is 4.79 Å². The van der Waals surface area contributed by atoms with Crippen LogP contribution in [0.5, 0.6) is 0 Å². The summed E-state index contributed by atoms with van der Waals surface area (Å²) in [4.78, 5) is 14.8. The van der Waals surface area contributed by atoms with Crippen LogP contribution >= 0.6 is 0 Å². The van der Waals surface area contributed by atoms with Crippen LogP contribution in [0, 0.1) is 17.8 Å². The van der Waals surface area contributed by atoms with Crippen molar-refractivity contribution in [2.45, 2.75) is 58.4 Å². The molecule has 0 aromatic carbocycles. The van der Waals surface area contributed by atoms with E-state index in [4.69, 9.17) is 5.73 Å². The number of likely N-dealkylation sites (N-methyl/N-ethyl adjacent to an activating group) is 1. The normalized spacial score (nSPS) is 32.2. The molecule has 2 bridgehead atoms. The van der Waals surface area contributed by atoms with Gasteiger partial charge in [0.1, 0.15) is 0 Å². The van der Waals surface area contributed by atoms with Crippen LogP contribution in [0.3, 0.4) is 0 Å². The van der Waals surface area contributed by atoms with E-state index in [2.05, 4.69) is 24.1 Å². The van der Waals surface area contributed by atoms with E-state index < -0.39 is 0 Å². The monoisotopic (exact) mass is 295 g/mol. The lowest BCUT2D eigenvalue weighted by Crippen LogP contribution is -2.49. The molecule has 0 aromatic heterocycles. The summed E-state index contributed by atoms with van der Waals surface area (Å²) >= 11 is 0. The third kappa shape index (κ3) is 4.43. The molecule has 0 heterocycles. The standard InChI is InChI=1S/C17H33N3O/c1-3-9-20(4-2)10-8-19-17(21)15-11-13-6-5-7-14(12-15)16(13)18/h13-16H,3-12,18H2,1-2H3,(H,19,21). The quantitative estimate of drug-likeness (QED) is 0.755. The Kier molecular flexibility index (Phi) is 6.49. The maximum atomic E-state index is 12.4. The van der Waals surface area contributed by atoms with Crippen molar-refractivity contribution < 1.29 is 4.79 Å². The highest BCUT2D eigenvalue weighted by molar-refractivity contribution is 5.78. The molecule has 0 spiro atoms. The van der Waals surface area contributed by atoms with E-state index in [1.165, 1.54) is 25.7 Å². The molecule has 2 rings (SSSR count). The number of carbonyl (C=O) groups is 1. The van der Waals surface area contributed by atoms with Gasteiger partial charge in [-0.2, -0.15) is 0 Å². The zero-order valence-corrected chi connectivity index (χ0v) is 13.8. The lowest BCUT2D eigenvalue weighted by molar-refractivity contribution is -0.127. The first-order valence-electron chi connectivity index (χ1n) is 8.91. The molecule has 2 unspecified atom stereocenters. The van der Waals surface area contributed by atoms with Crippen molar-refractivity contribution in [1.29, 1.82) is 0 Å². The molecule has 0 aromatic rings. The predicted octanol–water partition coefficient (Wildman–Crippen LogP) is 1.99. The number of hydrogen-bond donors (Lipinski definition) is 2. The molecule has 122 valence electrons. The molecule has 2 aliphatic carbocycles. The first-order valence-corrected chi connectivity index (χ1v) is 8.91. The van der Waals surface area contributed by atoms with E-state index in [1.807, 2.05) is 0 Å². The molecule has 21 heavy (non-hydrogen) atoms. The summed E-state index contributed by atoms with van der Waals surface area (Å²) in [6.45, 7) is 8.31. The predicted molar refractivity (Wildman–Crippen MR) is 86.9 cm³/mol. The van der Waals surface area contributed by atoms with Crippen molar-refractivity contribution in [1.82, 2.24) is 10.2 Å². The highest BCUT2D eigenvalue weighted by atomic mass is 16.1. The third-order valence-electron chi connectivity index (χ3n) is 5.50. The maximum Gasteiger partial charge on any atom is 0.223 e. The molecular formula is C17H33N3O. The Balaban J connectivity index is 1.74. The third-order valence-corrected chi connectivity index (χ3v) is 5.50. The first kappa shape index (κ1) is 16.8. The average molecular weight is 295 g/mol. The molecule has 3 N–H and O–H groups in total. The molecule has 0 radical (unpaired) electrons. The van der Waals surface area contributed by atoms with E-state index in [0.717, 1.165) is 39.0 Å². The Hall–Kier alpha value is -0.610. The molecule has 2 aliphatic rings. The second-order valence-electron chi connectivity index (χ2n) is 6.92. The minimum Gasteiger partial charge on any atom is -0.355 e. The summed E-state index contributed by atoms with van der Waals surface area (Å²) in [7, 11) is 0. The SMILES string of the molecule is CCCN(CC)CCNC(=O)C1CC2CCCC(C1)C2N. The number of carbonyl (C=O) groups excluding carboxylic acids is 1. The van der Waals surface area contributed by atoms with Gasteiger partial charge in [0, 0.05) is 25.0 Å². The molecule has 0 saturated heterocycles. The number of amides is 1. The molecular weight excluding hydrogens is 262 g/mol. The highest BCUT2D eigenvalue weighted by Crippen LogP contribution is 2.41. The van der Waals surface area contributed by atoms with Gasteiger partial charge in [-0.1, -0.05) is 20.3 Å². The number of hydrogen-bond acceptors (Lipinski definition) is 3. The van der Waals surface area contributed by atoms with Gasteiger partial charge in [0.05, 0.1) is 0 Å². The first-order chi connectivity index (χ1) is 10.2. The van der Waals surface area contributed by atoms with Gasteiger partial charge in [-0.05, 0) is 57.0 Å². The molecule has 0 aliphatic heterocycles. The fourth-order valence-electron chi connectivity index (χ4n) is 4.23. The van der Waals surface area contributed by atoms with E-state index in [1.54, 1.807) is 0 Å². The molecule has 4 nitrogen and oxygen atoms in total. The number of rotatable bonds is 7. The number of nitrogens with two attached hydrogens (primary N) is 1. The van der Waals surface area contributed by atoms with Crippen molar-refractivity contribution in [3.63, 3.8) is 0 Å². The van der Waals surface area contributed by atoms with Crippen LogP contribution < -0.4 is 11.1 Å². The van der Waals surface area contributed by atoms with Gasteiger partial charge < -0.3 is 16.0 Å². The minimum absolute atomic E-state index is 0.210. The summed E-state index contributed by atoms with van der Waals surface area (Å²) in [5, 5.41) is 3.16. The van der Waals surface area contributed by atoms with Gasteiger partial charge in [-0.25, -0.2) is 0 Å². The molecule has 2 saturated carbocycles. The average Bonchev–Trinajstić information content (AvgIpc) is 2.45. The lowest BCUT2D eigenvalue weighted by atomic mass is 9.65. The Morgan fingerprint density at radius 2 is 1.86 bits per heavy atom. The second kappa shape index (κ2) is 8.14. The highest BCUT2D eigenvalue weighted by Gasteiger charge is 2.40. The van der Waals surface area contributed by atoms with E-state index >= 15 is 0 Å². The Morgan fingerprint density at radius 3 is 2.43 bits per heavy atom. The van der Waals surface area contributed by atoms with Gasteiger partial charge in [-0.15, -0.1) is 0 Å². The molecule has 2 atom stereocenters. The zero-order chi connectivity index (χ0) is 15.2. The summed E-state index contributed by atoms with van der Waals surface area (Å²) < 4.78 is 0. The number of fused-ring (bicyclic) bond motifs is 2. The van der Waals surface area contributed by atoms with Crippen LogP contribution in [-0.2, 0) is 4.79 Å². The van der Waals surface area contributed by atoms with Crippen LogP contribution in [0.1, 0.15) is 52.4 Å². The fraction of sp³-hybridized carbons (Fsp3) is 0.941. The van der Waals surface area contributed by atoms with Crippen molar-refractivity contribution in [3.8, 4) is 0 Å². The smallest absolute Gasteiger partial charge is 0.223 e. The van der Waals surface area contributed by atoms with Crippen molar-refractivity contribution in [3.05, 3.63) is 0 Å². The van der Waals surface area contributed by atoms with Crippen molar-refractivity contribution in [2.24, 2.45) is 23.5 Å². The molecule has 2 fully saturated rings. The van der Waals surface area contributed by atoms with Crippen LogP contribution in [0.15, 0.2) is 0 Å². The molecule has 1 amide bonds. The summed E-state index contributed by atoms with van der Waals surface area (Å²) in [6, 6.07) is 0.350. The number of nitrogens with one attached hydrogen (secondary N) is 1. The second-order valence-corrected chi connectivity index (χ2v) is 6.92. The van der Waals surface area contributed by atoms with E-state index in [0.29, 0.717) is 17.9 Å². The Labute approximate surface area is 129 Å². The Bertz CT molecular complexity index is 320. The van der Waals surface area contributed by atoms with Gasteiger partial charge in [0.2, 0.25) is 5.91 Å². The van der Waals surface area contributed by atoms with Gasteiger partial charge >= 0.3 is 0 Å². The summed E-state index contributed by atoms with van der Waals surface area (Å²) in [5.41, 5.74) is 6.30. The topological polar surface area (TPSA) is 58.4 Å². The van der Waals surface area contributed by atoms with Crippen LogP contribution in [-0.4, -0.2) is 43.0 Å².